The van der Waals surface area contributed by atoms with E-state index < -0.39 is 0 Å². The van der Waals surface area contributed by atoms with Crippen LogP contribution in [0.4, 0.5) is 5.69 Å². The van der Waals surface area contributed by atoms with Crippen LogP contribution in [0.3, 0.4) is 0 Å². The average Bonchev–Trinajstić information content (AvgIpc) is 3.40. The number of H-pyrrole nitrogens is 1. The predicted octanol–water partition coefficient (Wildman–Crippen LogP) is 3.16. The normalized spacial score (nSPS) is 14.9. The smallest absolute Gasteiger partial charge is 0.274 e. The molecule has 3 heterocycles. The molecule has 1 aromatic carbocycles. The van der Waals surface area contributed by atoms with E-state index in [9.17, 15) is 9.59 Å². The molecule has 1 aliphatic rings. The van der Waals surface area contributed by atoms with E-state index in [1.54, 1.807) is 29.4 Å². The van der Waals surface area contributed by atoms with Gasteiger partial charge in [-0.15, -0.1) is 0 Å². The monoisotopic (exact) mass is 364 g/mol. The van der Waals surface area contributed by atoms with Crippen molar-refractivity contribution in [1.29, 1.82) is 0 Å². The Labute approximate surface area is 156 Å². The highest BCUT2D eigenvalue weighted by atomic mass is 16.3. The topological polar surface area (TPSA) is 91.2 Å². The lowest BCUT2D eigenvalue weighted by Gasteiger charge is -2.30. The number of aromatic nitrogens is 2. The minimum absolute atomic E-state index is 0.00757. The zero-order valence-corrected chi connectivity index (χ0v) is 14.7. The number of benzene rings is 1. The van der Waals surface area contributed by atoms with Crippen molar-refractivity contribution < 1.29 is 14.0 Å². The highest BCUT2D eigenvalue weighted by molar-refractivity contribution is 5.94. The van der Waals surface area contributed by atoms with Crippen LogP contribution in [0.25, 0.3) is 11.5 Å². The first-order valence-corrected chi connectivity index (χ1v) is 8.95. The van der Waals surface area contributed by atoms with Crippen molar-refractivity contribution >= 4 is 17.5 Å². The fraction of sp³-hybridized carbons (Fsp3) is 0.250. The second-order valence-corrected chi connectivity index (χ2v) is 6.57. The lowest BCUT2D eigenvalue weighted by atomic mass is 9.95. The van der Waals surface area contributed by atoms with Crippen LogP contribution in [0, 0.1) is 5.92 Å². The van der Waals surface area contributed by atoms with Gasteiger partial charge in [0.15, 0.2) is 11.5 Å². The second kappa shape index (κ2) is 7.49. The van der Waals surface area contributed by atoms with Crippen LogP contribution >= 0.6 is 0 Å². The molecule has 7 heteroatoms. The van der Waals surface area contributed by atoms with E-state index in [2.05, 4.69) is 15.5 Å². The molecule has 7 nitrogen and oxygen atoms in total. The number of rotatable bonds is 4. The molecule has 2 amide bonds. The van der Waals surface area contributed by atoms with Gasteiger partial charge in [-0.2, -0.15) is 5.10 Å². The summed E-state index contributed by atoms with van der Waals surface area (Å²) in [6.45, 7) is 1.07. The summed E-state index contributed by atoms with van der Waals surface area (Å²) < 4.78 is 5.31. The van der Waals surface area contributed by atoms with Gasteiger partial charge in [0.1, 0.15) is 5.69 Å². The Hall–Kier alpha value is -3.35. The molecule has 4 rings (SSSR count). The molecule has 138 valence electrons. The minimum Gasteiger partial charge on any atom is -0.463 e. The fourth-order valence-electron chi connectivity index (χ4n) is 3.26. The third-order valence-electron chi connectivity index (χ3n) is 4.78. The Kier molecular flexibility index (Phi) is 4.74. The predicted molar refractivity (Wildman–Crippen MR) is 100.0 cm³/mol. The summed E-state index contributed by atoms with van der Waals surface area (Å²) in [5, 5.41) is 9.87. The Bertz CT molecular complexity index is 910. The van der Waals surface area contributed by atoms with Gasteiger partial charge in [-0.25, -0.2) is 0 Å². The summed E-state index contributed by atoms with van der Waals surface area (Å²) in [5.74, 6) is 0.420. The van der Waals surface area contributed by atoms with E-state index in [1.165, 1.54) is 0 Å². The van der Waals surface area contributed by atoms with Gasteiger partial charge in [0.25, 0.3) is 5.91 Å². The number of carbonyl (C=O) groups is 2. The Balaban J connectivity index is 1.33. The molecule has 0 spiro atoms. The van der Waals surface area contributed by atoms with E-state index >= 15 is 0 Å². The lowest BCUT2D eigenvalue weighted by molar-refractivity contribution is -0.121. The Morgan fingerprint density at radius 3 is 2.59 bits per heavy atom. The summed E-state index contributed by atoms with van der Waals surface area (Å²) >= 11 is 0. The number of hydrogen-bond acceptors (Lipinski definition) is 4. The number of hydrogen-bond donors (Lipinski definition) is 2. The molecular weight excluding hydrogens is 344 g/mol. The molecule has 0 saturated carbocycles. The first-order chi connectivity index (χ1) is 13.2. The van der Waals surface area contributed by atoms with Crippen LogP contribution in [-0.4, -0.2) is 40.0 Å². The maximum absolute atomic E-state index is 12.7. The first kappa shape index (κ1) is 17.1. The van der Waals surface area contributed by atoms with Gasteiger partial charge in [0, 0.05) is 30.8 Å². The molecule has 0 radical (unpaired) electrons. The van der Waals surface area contributed by atoms with Gasteiger partial charge in [-0.3, -0.25) is 14.7 Å². The quantitative estimate of drug-likeness (QED) is 0.744. The first-order valence-electron chi connectivity index (χ1n) is 8.95. The molecule has 0 aliphatic carbocycles. The van der Waals surface area contributed by atoms with Gasteiger partial charge in [-0.1, -0.05) is 18.2 Å². The second-order valence-electron chi connectivity index (χ2n) is 6.57. The Morgan fingerprint density at radius 2 is 1.89 bits per heavy atom. The number of amides is 2. The molecule has 27 heavy (non-hydrogen) atoms. The van der Waals surface area contributed by atoms with Crippen molar-refractivity contribution in [2.45, 2.75) is 12.8 Å². The van der Waals surface area contributed by atoms with Crippen LogP contribution in [0.1, 0.15) is 23.3 Å². The van der Waals surface area contributed by atoms with E-state index in [0.29, 0.717) is 43.1 Å². The summed E-state index contributed by atoms with van der Waals surface area (Å²) in [7, 11) is 0. The van der Waals surface area contributed by atoms with Gasteiger partial charge < -0.3 is 14.6 Å². The van der Waals surface area contributed by atoms with Gasteiger partial charge in [0.05, 0.1) is 6.26 Å². The standard InChI is InChI=1S/C20H20N4O3/c25-19(21-15-5-2-1-3-6-15)14-8-10-24(11-9-14)20(26)17-13-16(22-23-17)18-7-4-12-27-18/h1-7,12-14H,8-11H2,(H,21,25)(H,22,23). The minimum atomic E-state index is -0.133. The fourth-order valence-corrected chi connectivity index (χ4v) is 3.26. The summed E-state index contributed by atoms with van der Waals surface area (Å²) in [4.78, 5) is 26.8. The summed E-state index contributed by atoms with van der Waals surface area (Å²) in [6, 6.07) is 14.7. The number of carbonyl (C=O) groups excluding carboxylic acids is 2. The largest absolute Gasteiger partial charge is 0.463 e. The number of piperidine rings is 1. The molecule has 1 fully saturated rings. The lowest BCUT2D eigenvalue weighted by Crippen LogP contribution is -2.41. The van der Waals surface area contributed by atoms with E-state index in [0.717, 1.165) is 5.69 Å². The highest BCUT2D eigenvalue weighted by Gasteiger charge is 2.29. The number of furan rings is 1. The third-order valence-corrected chi connectivity index (χ3v) is 4.78. The van der Waals surface area contributed by atoms with Crippen LogP contribution < -0.4 is 5.32 Å². The molecule has 3 aromatic rings. The number of nitrogens with zero attached hydrogens (tertiary/aromatic N) is 2. The van der Waals surface area contributed by atoms with E-state index in [1.807, 2.05) is 30.3 Å². The number of anilines is 1. The molecule has 0 unspecified atom stereocenters. The third kappa shape index (κ3) is 3.76. The maximum Gasteiger partial charge on any atom is 0.274 e. The van der Waals surface area contributed by atoms with Crippen LogP contribution in [0.15, 0.2) is 59.2 Å². The molecule has 1 aliphatic heterocycles. The van der Waals surface area contributed by atoms with Gasteiger partial charge in [-0.05, 0) is 37.1 Å². The molecule has 0 atom stereocenters. The number of aromatic amines is 1. The summed E-state index contributed by atoms with van der Waals surface area (Å²) in [5.41, 5.74) is 1.82. The van der Waals surface area contributed by atoms with Crippen molar-refractivity contribution in [3.05, 3.63) is 60.5 Å². The van der Waals surface area contributed by atoms with Crippen molar-refractivity contribution in [2.75, 3.05) is 18.4 Å². The molecule has 2 aromatic heterocycles. The maximum atomic E-state index is 12.7. The molecule has 1 saturated heterocycles. The molecule has 0 bridgehead atoms. The molecule has 2 N–H and O–H groups in total. The van der Waals surface area contributed by atoms with Crippen LogP contribution in [0.2, 0.25) is 0 Å². The van der Waals surface area contributed by atoms with Gasteiger partial charge in [0.2, 0.25) is 5.91 Å². The Morgan fingerprint density at radius 1 is 1.11 bits per heavy atom. The van der Waals surface area contributed by atoms with Crippen LogP contribution in [-0.2, 0) is 4.79 Å². The number of likely N-dealkylation sites (tertiary alicyclic amines) is 1. The SMILES string of the molecule is O=C(Nc1ccccc1)C1CCN(C(=O)c2cc(-c3ccco3)[nH]n2)CC1. The van der Waals surface area contributed by atoms with Crippen molar-refractivity contribution in [3.63, 3.8) is 0 Å². The van der Waals surface area contributed by atoms with Crippen LogP contribution in [0.5, 0.6) is 0 Å². The zero-order chi connectivity index (χ0) is 18.6. The van der Waals surface area contributed by atoms with E-state index in [-0.39, 0.29) is 17.7 Å². The summed E-state index contributed by atoms with van der Waals surface area (Å²) in [6.07, 6.45) is 2.85. The zero-order valence-electron chi connectivity index (χ0n) is 14.7. The number of nitrogens with one attached hydrogen (secondary N) is 2. The van der Waals surface area contributed by atoms with Crippen molar-refractivity contribution in [2.24, 2.45) is 5.92 Å². The van der Waals surface area contributed by atoms with Gasteiger partial charge >= 0.3 is 0 Å². The number of para-hydroxylation sites is 1. The molecular formula is C20H20N4O3. The van der Waals surface area contributed by atoms with Crippen molar-refractivity contribution in [3.8, 4) is 11.5 Å². The van der Waals surface area contributed by atoms with Crippen molar-refractivity contribution in [1.82, 2.24) is 15.1 Å². The average molecular weight is 364 g/mol. The highest BCUT2D eigenvalue weighted by Crippen LogP contribution is 2.22. The van der Waals surface area contributed by atoms with E-state index in [4.69, 9.17) is 4.42 Å².